The molecule has 1 aliphatic heterocycles. The lowest BCUT2D eigenvalue weighted by molar-refractivity contribution is 0.0696. The zero-order valence-corrected chi connectivity index (χ0v) is 16.3. The molecule has 27 heavy (non-hydrogen) atoms. The summed E-state index contributed by atoms with van der Waals surface area (Å²) in [6, 6.07) is 2.68. The number of aryl methyl sites for hydroxylation is 2. The molecule has 3 rings (SSSR count). The Kier molecular flexibility index (Phi) is 5.61. The van der Waals surface area contributed by atoms with Crippen LogP contribution in [0.1, 0.15) is 52.4 Å². The minimum Gasteiger partial charge on any atom is -0.478 e. The summed E-state index contributed by atoms with van der Waals surface area (Å²) < 4.78 is 30.1. The van der Waals surface area contributed by atoms with Crippen LogP contribution in [-0.4, -0.2) is 40.8 Å². The van der Waals surface area contributed by atoms with E-state index < -0.39 is 16.0 Å². The van der Waals surface area contributed by atoms with Gasteiger partial charge >= 0.3 is 5.97 Å². The Bertz CT molecular complexity index is 966. The number of carboxylic acids is 1. The van der Waals surface area contributed by atoms with Gasteiger partial charge in [-0.15, -0.1) is 10.2 Å². The highest BCUT2D eigenvalue weighted by Crippen LogP contribution is 2.21. The summed E-state index contributed by atoms with van der Waals surface area (Å²) in [7, 11) is -3.82. The van der Waals surface area contributed by atoms with E-state index in [2.05, 4.69) is 19.5 Å². The van der Waals surface area contributed by atoms with Crippen molar-refractivity contribution in [2.24, 2.45) is 0 Å². The van der Waals surface area contributed by atoms with Crippen molar-refractivity contribution in [3.63, 3.8) is 0 Å². The zero-order chi connectivity index (χ0) is 19.6. The summed E-state index contributed by atoms with van der Waals surface area (Å²) in [6.45, 7) is 4.42. The number of benzene rings is 1. The van der Waals surface area contributed by atoms with E-state index in [-0.39, 0.29) is 17.0 Å². The molecule has 146 valence electrons. The maximum absolute atomic E-state index is 12.7. The number of hydrogen-bond acceptors (Lipinski definition) is 5. The lowest BCUT2D eigenvalue weighted by Gasteiger charge is -2.13. The number of carbonyl (C=O) groups is 1. The second-order valence-electron chi connectivity index (χ2n) is 6.86. The van der Waals surface area contributed by atoms with Crippen molar-refractivity contribution in [3.05, 3.63) is 40.5 Å². The van der Waals surface area contributed by atoms with Crippen molar-refractivity contribution in [2.45, 2.75) is 57.4 Å². The van der Waals surface area contributed by atoms with Crippen LogP contribution >= 0.6 is 0 Å². The zero-order valence-electron chi connectivity index (χ0n) is 15.5. The maximum Gasteiger partial charge on any atom is 0.335 e. The van der Waals surface area contributed by atoms with Crippen LogP contribution in [0.15, 0.2) is 17.0 Å². The summed E-state index contributed by atoms with van der Waals surface area (Å²) in [5.74, 6) is 0.591. The average Bonchev–Trinajstić information content (AvgIpc) is 2.84. The molecule has 0 bridgehead atoms. The first-order valence-corrected chi connectivity index (χ1v) is 10.5. The van der Waals surface area contributed by atoms with E-state index in [4.69, 9.17) is 0 Å². The number of carboxylic acid groups (broad SMARTS) is 1. The summed E-state index contributed by atoms with van der Waals surface area (Å²) in [6.07, 6.45) is 4.67. The third-order valence-electron chi connectivity index (χ3n) is 4.98. The predicted octanol–water partition coefficient (Wildman–Crippen LogP) is 1.84. The monoisotopic (exact) mass is 392 g/mol. The Hall–Kier alpha value is -2.26. The lowest BCUT2D eigenvalue weighted by Crippen LogP contribution is -2.28. The van der Waals surface area contributed by atoms with E-state index in [0.717, 1.165) is 43.9 Å². The molecule has 2 aromatic rings. The van der Waals surface area contributed by atoms with Crippen molar-refractivity contribution >= 4 is 16.0 Å². The Morgan fingerprint density at radius 1 is 1.22 bits per heavy atom. The van der Waals surface area contributed by atoms with Gasteiger partial charge in [-0.25, -0.2) is 17.9 Å². The van der Waals surface area contributed by atoms with E-state index in [9.17, 15) is 18.3 Å². The Labute approximate surface area is 158 Å². The molecular formula is C18H24N4O4S. The van der Waals surface area contributed by atoms with Gasteiger partial charge in [0, 0.05) is 25.9 Å². The van der Waals surface area contributed by atoms with Crippen LogP contribution in [-0.2, 0) is 29.4 Å². The summed E-state index contributed by atoms with van der Waals surface area (Å²) in [5.41, 5.74) is 1.13. The van der Waals surface area contributed by atoms with Crippen LogP contribution < -0.4 is 4.72 Å². The molecule has 1 aromatic heterocycles. The Morgan fingerprint density at radius 3 is 2.74 bits per heavy atom. The van der Waals surface area contributed by atoms with Gasteiger partial charge in [0.1, 0.15) is 11.6 Å². The Balaban J connectivity index is 1.75. The van der Waals surface area contributed by atoms with Crippen molar-refractivity contribution in [1.29, 1.82) is 0 Å². The molecule has 0 saturated heterocycles. The number of sulfonamides is 1. The van der Waals surface area contributed by atoms with Gasteiger partial charge in [0.15, 0.2) is 0 Å². The van der Waals surface area contributed by atoms with Gasteiger partial charge in [-0.05, 0) is 49.9 Å². The predicted molar refractivity (Wildman–Crippen MR) is 99.3 cm³/mol. The molecule has 0 radical (unpaired) electrons. The van der Waals surface area contributed by atoms with E-state index in [0.29, 0.717) is 17.5 Å². The maximum atomic E-state index is 12.7. The minimum absolute atomic E-state index is 0.0000257. The minimum atomic E-state index is -3.82. The summed E-state index contributed by atoms with van der Waals surface area (Å²) in [4.78, 5) is 11.2. The molecule has 0 spiro atoms. The highest BCUT2D eigenvalue weighted by molar-refractivity contribution is 7.89. The third-order valence-corrected chi connectivity index (χ3v) is 6.57. The molecular weight excluding hydrogens is 368 g/mol. The third kappa shape index (κ3) is 4.19. The van der Waals surface area contributed by atoms with Gasteiger partial charge in [0.25, 0.3) is 0 Å². The van der Waals surface area contributed by atoms with Crippen molar-refractivity contribution in [2.75, 3.05) is 6.54 Å². The number of nitrogens with one attached hydrogen (secondary N) is 1. The van der Waals surface area contributed by atoms with E-state index in [1.807, 2.05) is 0 Å². The van der Waals surface area contributed by atoms with Gasteiger partial charge in [0.2, 0.25) is 10.0 Å². The number of aromatic carboxylic acids is 1. The van der Waals surface area contributed by atoms with E-state index in [1.165, 1.54) is 12.1 Å². The molecule has 9 heteroatoms. The molecule has 0 saturated carbocycles. The highest BCUT2D eigenvalue weighted by atomic mass is 32.2. The van der Waals surface area contributed by atoms with Gasteiger partial charge in [0.05, 0.1) is 10.5 Å². The highest BCUT2D eigenvalue weighted by Gasteiger charge is 2.21. The number of hydrogen-bond donors (Lipinski definition) is 2. The normalized spacial score (nSPS) is 14.6. The van der Waals surface area contributed by atoms with Crippen molar-refractivity contribution < 1.29 is 18.3 Å². The first-order valence-electron chi connectivity index (χ1n) is 9.05. The second-order valence-corrected chi connectivity index (χ2v) is 8.60. The summed E-state index contributed by atoms with van der Waals surface area (Å²) >= 11 is 0. The fourth-order valence-corrected chi connectivity index (χ4v) is 4.71. The van der Waals surface area contributed by atoms with Crippen LogP contribution in [0.2, 0.25) is 0 Å². The molecule has 1 aromatic carbocycles. The molecule has 0 atom stereocenters. The average molecular weight is 392 g/mol. The van der Waals surface area contributed by atoms with Crippen LogP contribution in [0.4, 0.5) is 0 Å². The topological polar surface area (TPSA) is 114 Å². The van der Waals surface area contributed by atoms with Crippen LogP contribution in [0.25, 0.3) is 0 Å². The van der Waals surface area contributed by atoms with Crippen molar-refractivity contribution in [3.8, 4) is 0 Å². The second kappa shape index (κ2) is 7.77. The first kappa shape index (κ1) is 19.5. The van der Waals surface area contributed by atoms with Crippen molar-refractivity contribution in [1.82, 2.24) is 19.5 Å². The smallest absolute Gasteiger partial charge is 0.335 e. The number of aromatic nitrogens is 3. The van der Waals surface area contributed by atoms with Crippen LogP contribution in [0.3, 0.4) is 0 Å². The molecule has 8 nitrogen and oxygen atoms in total. The molecule has 2 heterocycles. The molecule has 0 amide bonds. The lowest BCUT2D eigenvalue weighted by atomic mass is 10.1. The standard InChI is InChI=1S/C18H24N4O4S/c1-12-10-14(18(23)24)11-15(13(12)2)27(25,26)19-8-7-17-21-20-16-6-4-3-5-9-22(16)17/h10-11,19H,3-9H2,1-2H3,(H,23,24). The number of fused-ring (bicyclic) bond motifs is 1. The molecule has 0 aliphatic carbocycles. The largest absolute Gasteiger partial charge is 0.478 e. The summed E-state index contributed by atoms with van der Waals surface area (Å²) in [5, 5.41) is 17.6. The van der Waals surface area contributed by atoms with Gasteiger partial charge in [-0.3, -0.25) is 0 Å². The van der Waals surface area contributed by atoms with Gasteiger partial charge in [-0.2, -0.15) is 0 Å². The Morgan fingerprint density at radius 2 is 2.00 bits per heavy atom. The van der Waals surface area contributed by atoms with Crippen LogP contribution in [0.5, 0.6) is 0 Å². The van der Waals surface area contributed by atoms with Crippen LogP contribution in [0, 0.1) is 13.8 Å². The van der Waals surface area contributed by atoms with E-state index >= 15 is 0 Å². The first-order chi connectivity index (χ1) is 12.8. The quantitative estimate of drug-likeness (QED) is 0.775. The van der Waals surface area contributed by atoms with Gasteiger partial charge in [-0.1, -0.05) is 6.42 Å². The number of nitrogens with zero attached hydrogens (tertiary/aromatic N) is 3. The molecule has 1 aliphatic rings. The molecule has 0 fully saturated rings. The van der Waals surface area contributed by atoms with E-state index in [1.54, 1.807) is 13.8 Å². The number of rotatable bonds is 6. The molecule has 0 unspecified atom stereocenters. The fourth-order valence-electron chi connectivity index (χ4n) is 3.33. The van der Waals surface area contributed by atoms with Gasteiger partial charge < -0.3 is 9.67 Å². The molecule has 2 N–H and O–H groups in total. The SMILES string of the molecule is Cc1cc(C(=O)O)cc(S(=O)(=O)NCCc2nnc3n2CCCCC3)c1C. The fraction of sp³-hybridized carbons (Fsp3) is 0.500.